The van der Waals surface area contributed by atoms with Gasteiger partial charge in [0.1, 0.15) is 5.75 Å². The Morgan fingerprint density at radius 3 is 2.26 bits per heavy atom. The molecule has 3 heteroatoms. The van der Waals surface area contributed by atoms with Crippen LogP contribution in [0.3, 0.4) is 0 Å². The average Bonchev–Trinajstić information content (AvgIpc) is 3.09. The first-order chi connectivity index (χ1) is 8.72. The third kappa shape index (κ3) is 2.22. The van der Waals surface area contributed by atoms with E-state index in [9.17, 15) is 15.0 Å². The highest BCUT2D eigenvalue weighted by Crippen LogP contribution is 2.53. The van der Waals surface area contributed by atoms with E-state index >= 15 is 0 Å². The van der Waals surface area contributed by atoms with Crippen molar-refractivity contribution in [3.63, 3.8) is 0 Å². The van der Waals surface area contributed by atoms with Crippen LogP contribution in [0.1, 0.15) is 57.2 Å². The van der Waals surface area contributed by atoms with E-state index in [1.54, 1.807) is 0 Å². The number of rotatable bonds is 3. The first-order valence-corrected chi connectivity index (χ1v) is 6.82. The lowest BCUT2D eigenvalue weighted by atomic mass is 9.81. The van der Waals surface area contributed by atoms with E-state index in [0.717, 1.165) is 17.5 Å². The molecule has 0 saturated heterocycles. The van der Waals surface area contributed by atoms with Gasteiger partial charge in [0.2, 0.25) is 0 Å². The van der Waals surface area contributed by atoms with Gasteiger partial charge in [-0.15, -0.1) is 0 Å². The number of carboxylic acids is 1. The van der Waals surface area contributed by atoms with E-state index < -0.39 is 11.4 Å². The summed E-state index contributed by atoms with van der Waals surface area (Å²) in [7, 11) is 0. The molecule has 0 radical (unpaired) electrons. The normalized spacial score (nSPS) is 17.3. The van der Waals surface area contributed by atoms with Gasteiger partial charge in [-0.1, -0.05) is 39.8 Å². The molecule has 104 valence electrons. The summed E-state index contributed by atoms with van der Waals surface area (Å²) < 4.78 is 0. The van der Waals surface area contributed by atoms with Gasteiger partial charge in [0.25, 0.3) is 0 Å². The molecular formula is C16H22O3. The Hall–Kier alpha value is -1.51. The summed E-state index contributed by atoms with van der Waals surface area (Å²) >= 11 is 0. The maximum absolute atomic E-state index is 11.5. The zero-order valence-corrected chi connectivity index (χ0v) is 12.1. The van der Waals surface area contributed by atoms with Crippen LogP contribution in [0.4, 0.5) is 0 Å². The number of aryl methyl sites for hydroxylation is 1. The number of benzene rings is 1. The summed E-state index contributed by atoms with van der Waals surface area (Å²) in [4.78, 5) is 11.5. The summed E-state index contributed by atoms with van der Waals surface area (Å²) in [6.45, 7) is 8.14. The molecule has 3 nitrogen and oxygen atoms in total. The first kappa shape index (κ1) is 13.9. The fourth-order valence-electron chi connectivity index (χ4n) is 2.56. The molecule has 0 spiro atoms. The molecule has 1 aromatic carbocycles. The molecule has 19 heavy (non-hydrogen) atoms. The quantitative estimate of drug-likeness (QED) is 0.878. The van der Waals surface area contributed by atoms with Gasteiger partial charge in [-0.25, -0.2) is 0 Å². The number of phenolic OH excluding ortho intramolecular Hbond substituents is 1. The maximum atomic E-state index is 11.5. The van der Waals surface area contributed by atoms with Gasteiger partial charge in [-0.05, 0) is 35.8 Å². The zero-order chi connectivity index (χ0) is 14.4. The summed E-state index contributed by atoms with van der Waals surface area (Å²) in [5.41, 5.74) is 1.48. The number of carboxylic acid groups (broad SMARTS) is 1. The SMILES string of the molecule is CCc1cc(C(C)(C)C)c(O)c(C2(C(=O)O)CC2)c1. The van der Waals surface area contributed by atoms with Crippen LogP contribution >= 0.6 is 0 Å². The third-order valence-corrected chi connectivity index (χ3v) is 4.06. The second-order valence-electron chi connectivity index (χ2n) is 6.53. The van der Waals surface area contributed by atoms with E-state index in [1.165, 1.54) is 0 Å². The van der Waals surface area contributed by atoms with Crippen LogP contribution in [-0.4, -0.2) is 16.2 Å². The molecule has 1 fully saturated rings. The molecule has 0 amide bonds. The number of hydrogen-bond acceptors (Lipinski definition) is 2. The molecule has 2 N–H and O–H groups in total. The zero-order valence-electron chi connectivity index (χ0n) is 12.1. The summed E-state index contributed by atoms with van der Waals surface area (Å²) in [6.07, 6.45) is 2.07. The fraction of sp³-hybridized carbons (Fsp3) is 0.562. The molecule has 0 heterocycles. The smallest absolute Gasteiger partial charge is 0.314 e. The molecule has 1 saturated carbocycles. The average molecular weight is 262 g/mol. The van der Waals surface area contributed by atoms with Gasteiger partial charge in [0.15, 0.2) is 0 Å². The Balaban J connectivity index is 2.65. The van der Waals surface area contributed by atoms with Gasteiger partial charge >= 0.3 is 5.97 Å². The lowest BCUT2D eigenvalue weighted by Gasteiger charge is -2.25. The van der Waals surface area contributed by atoms with Gasteiger partial charge in [-0.3, -0.25) is 4.79 Å². The minimum Gasteiger partial charge on any atom is -0.507 e. The molecular weight excluding hydrogens is 240 g/mol. The molecule has 0 atom stereocenters. The Bertz CT molecular complexity index is 520. The third-order valence-electron chi connectivity index (χ3n) is 4.06. The van der Waals surface area contributed by atoms with Crippen molar-refractivity contribution in [3.05, 3.63) is 28.8 Å². The van der Waals surface area contributed by atoms with Crippen LogP contribution in [0.2, 0.25) is 0 Å². The summed E-state index contributed by atoms with van der Waals surface area (Å²) in [5, 5.41) is 19.9. The van der Waals surface area contributed by atoms with Gasteiger partial charge in [0.05, 0.1) is 5.41 Å². The molecule has 0 aromatic heterocycles. The molecule has 1 aliphatic carbocycles. The van der Waals surface area contributed by atoms with Crippen molar-refractivity contribution in [3.8, 4) is 5.75 Å². The van der Waals surface area contributed by atoms with Gasteiger partial charge in [0, 0.05) is 5.56 Å². The summed E-state index contributed by atoms with van der Waals surface area (Å²) in [6, 6.07) is 3.86. The van der Waals surface area contributed by atoms with Crippen LogP contribution in [0.5, 0.6) is 5.75 Å². The topological polar surface area (TPSA) is 57.5 Å². The Morgan fingerprint density at radius 2 is 1.89 bits per heavy atom. The number of carbonyl (C=O) groups is 1. The van der Waals surface area contributed by atoms with Crippen LogP contribution in [-0.2, 0) is 22.0 Å². The van der Waals surface area contributed by atoms with E-state index in [1.807, 2.05) is 39.8 Å². The molecule has 0 aliphatic heterocycles. The minimum atomic E-state index is -0.852. The maximum Gasteiger partial charge on any atom is 0.314 e. The lowest BCUT2D eigenvalue weighted by molar-refractivity contribution is -0.140. The second kappa shape index (κ2) is 4.26. The summed E-state index contributed by atoms with van der Waals surface area (Å²) in [5.74, 6) is -0.652. The van der Waals surface area contributed by atoms with Crippen LogP contribution in [0, 0.1) is 0 Å². The fourth-order valence-corrected chi connectivity index (χ4v) is 2.56. The predicted molar refractivity (Wildman–Crippen MR) is 74.7 cm³/mol. The molecule has 0 bridgehead atoms. The highest BCUT2D eigenvalue weighted by Gasteiger charge is 2.53. The van der Waals surface area contributed by atoms with Crippen molar-refractivity contribution in [2.45, 2.75) is 57.8 Å². The van der Waals surface area contributed by atoms with Crippen molar-refractivity contribution < 1.29 is 15.0 Å². The van der Waals surface area contributed by atoms with Crippen molar-refractivity contribution in [1.82, 2.24) is 0 Å². The Kier molecular flexibility index (Phi) is 3.12. The van der Waals surface area contributed by atoms with E-state index in [4.69, 9.17) is 0 Å². The van der Waals surface area contributed by atoms with Crippen LogP contribution < -0.4 is 0 Å². The predicted octanol–water partition coefficient (Wildman–Crippen LogP) is 3.37. The van der Waals surface area contributed by atoms with Crippen molar-refractivity contribution in [2.75, 3.05) is 0 Å². The van der Waals surface area contributed by atoms with Crippen molar-refractivity contribution >= 4 is 5.97 Å². The Morgan fingerprint density at radius 1 is 1.32 bits per heavy atom. The van der Waals surface area contributed by atoms with Crippen molar-refractivity contribution in [1.29, 1.82) is 0 Å². The van der Waals surface area contributed by atoms with Gasteiger partial charge in [-0.2, -0.15) is 0 Å². The number of phenols is 1. The molecule has 1 aliphatic rings. The number of aliphatic carboxylic acids is 1. The second-order valence-corrected chi connectivity index (χ2v) is 6.53. The molecule has 2 rings (SSSR count). The lowest BCUT2D eigenvalue weighted by Crippen LogP contribution is -2.22. The van der Waals surface area contributed by atoms with Crippen LogP contribution in [0.15, 0.2) is 12.1 Å². The largest absolute Gasteiger partial charge is 0.507 e. The standard InChI is InChI=1S/C16H22O3/c1-5-10-8-11(15(2,3)4)13(17)12(9-10)16(6-7-16)14(18)19/h8-9,17H,5-7H2,1-4H3,(H,18,19). The number of hydrogen-bond donors (Lipinski definition) is 2. The van der Waals surface area contributed by atoms with E-state index in [-0.39, 0.29) is 11.2 Å². The highest BCUT2D eigenvalue weighted by atomic mass is 16.4. The molecule has 0 unspecified atom stereocenters. The highest BCUT2D eigenvalue weighted by molar-refractivity contribution is 5.86. The van der Waals surface area contributed by atoms with Crippen molar-refractivity contribution in [2.24, 2.45) is 0 Å². The monoisotopic (exact) mass is 262 g/mol. The minimum absolute atomic E-state index is 0.171. The van der Waals surface area contributed by atoms with Gasteiger partial charge < -0.3 is 10.2 Å². The first-order valence-electron chi connectivity index (χ1n) is 6.82. The van der Waals surface area contributed by atoms with E-state index in [0.29, 0.717) is 18.4 Å². The van der Waals surface area contributed by atoms with E-state index in [2.05, 4.69) is 0 Å². The Labute approximate surface area is 114 Å². The van der Waals surface area contributed by atoms with Crippen LogP contribution in [0.25, 0.3) is 0 Å². The number of aromatic hydroxyl groups is 1. The molecule has 1 aromatic rings.